The van der Waals surface area contributed by atoms with E-state index in [-0.39, 0.29) is 0 Å². The van der Waals surface area contributed by atoms with Gasteiger partial charge < -0.3 is 0 Å². The Morgan fingerprint density at radius 3 is 2.50 bits per heavy atom. The number of rotatable bonds is 6. The first-order valence-corrected chi connectivity index (χ1v) is 5.53. The van der Waals surface area contributed by atoms with E-state index < -0.39 is 0 Å². The summed E-state index contributed by atoms with van der Waals surface area (Å²) in [7, 11) is 0. The molecule has 0 saturated carbocycles. The molecule has 14 heavy (non-hydrogen) atoms. The molecule has 78 valence electrons. The van der Waals surface area contributed by atoms with Crippen LogP contribution in [0.2, 0.25) is 0 Å². The molecular weight excluding hydrogens is 172 g/mol. The highest BCUT2D eigenvalue weighted by Gasteiger charge is 2.08. The van der Waals surface area contributed by atoms with Crippen LogP contribution in [0.15, 0.2) is 30.6 Å². The molecule has 0 aliphatic carbocycles. The highest BCUT2D eigenvalue weighted by atomic mass is 15.1. The SMILES string of the molecule is CCCCCNC(C)[n+]1ccccc1. The third-order valence-electron chi connectivity index (χ3n) is 2.41. The number of hydrogen-bond acceptors (Lipinski definition) is 1. The molecule has 0 bridgehead atoms. The maximum atomic E-state index is 3.50. The van der Waals surface area contributed by atoms with E-state index in [1.165, 1.54) is 19.3 Å². The lowest BCUT2D eigenvalue weighted by atomic mass is 10.2. The van der Waals surface area contributed by atoms with Crippen molar-refractivity contribution in [2.24, 2.45) is 0 Å². The zero-order valence-electron chi connectivity index (χ0n) is 9.24. The van der Waals surface area contributed by atoms with Crippen LogP contribution < -0.4 is 9.88 Å². The molecule has 1 rings (SSSR count). The van der Waals surface area contributed by atoms with Crippen LogP contribution in [-0.2, 0) is 0 Å². The van der Waals surface area contributed by atoms with Gasteiger partial charge in [0.2, 0.25) is 6.17 Å². The van der Waals surface area contributed by atoms with E-state index >= 15 is 0 Å². The van der Waals surface area contributed by atoms with Crippen molar-refractivity contribution < 1.29 is 4.57 Å². The molecule has 0 aliphatic rings. The molecule has 0 aromatic carbocycles. The number of hydrogen-bond donors (Lipinski definition) is 1. The van der Waals surface area contributed by atoms with E-state index in [4.69, 9.17) is 0 Å². The lowest BCUT2D eigenvalue weighted by molar-refractivity contribution is -0.725. The summed E-state index contributed by atoms with van der Waals surface area (Å²) in [6.45, 7) is 5.53. The molecule has 0 saturated heterocycles. The lowest BCUT2D eigenvalue weighted by Crippen LogP contribution is -2.45. The van der Waals surface area contributed by atoms with Crippen molar-refractivity contribution in [3.63, 3.8) is 0 Å². The molecule has 0 amide bonds. The maximum Gasteiger partial charge on any atom is 0.209 e. The Morgan fingerprint density at radius 2 is 1.86 bits per heavy atom. The molecule has 0 fully saturated rings. The Labute approximate surface area is 87.0 Å². The van der Waals surface area contributed by atoms with Gasteiger partial charge in [-0.2, -0.15) is 4.57 Å². The third-order valence-corrected chi connectivity index (χ3v) is 2.41. The minimum Gasteiger partial charge on any atom is -0.259 e. The quantitative estimate of drug-likeness (QED) is 0.541. The molecule has 2 heteroatoms. The molecule has 1 aromatic rings. The largest absolute Gasteiger partial charge is 0.259 e. The fourth-order valence-corrected chi connectivity index (χ4v) is 1.46. The number of pyridine rings is 1. The van der Waals surface area contributed by atoms with Crippen molar-refractivity contribution >= 4 is 0 Å². The summed E-state index contributed by atoms with van der Waals surface area (Å²) in [4.78, 5) is 0. The summed E-state index contributed by atoms with van der Waals surface area (Å²) in [6, 6.07) is 6.16. The summed E-state index contributed by atoms with van der Waals surface area (Å²) in [6.07, 6.45) is 8.46. The topological polar surface area (TPSA) is 15.9 Å². The Kier molecular flexibility index (Phi) is 5.23. The van der Waals surface area contributed by atoms with Crippen molar-refractivity contribution in [1.82, 2.24) is 5.32 Å². The molecule has 1 unspecified atom stereocenters. The molecular formula is C12H21N2+. The first kappa shape index (κ1) is 11.2. The fourth-order valence-electron chi connectivity index (χ4n) is 1.46. The summed E-state index contributed by atoms with van der Waals surface area (Å²) < 4.78 is 2.19. The van der Waals surface area contributed by atoms with Gasteiger partial charge in [-0.15, -0.1) is 0 Å². The Bertz CT molecular complexity index is 233. The van der Waals surface area contributed by atoms with E-state index in [1.54, 1.807) is 0 Å². The lowest BCUT2D eigenvalue weighted by Gasteiger charge is -2.08. The van der Waals surface area contributed by atoms with Crippen LogP contribution in [0.1, 0.15) is 39.3 Å². The second kappa shape index (κ2) is 6.55. The Balaban J connectivity index is 2.25. The first-order chi connectivity index (χ1) is 6.84. The predicted molar refractivity (Wildman–Crippen MR) is 58.9 cm³/mol. The van der Waals surface area contributed by atoms with Crippen LogP contribution in [0.3, 0.4) is 0 Å². The Hall–Kier alpha value is -0.890. The molecule has 1 aromatic heterocycles. The Morgan fingerprint density at radius 1 is 1.14 bits per heavy atom. The summed E-state index contributed by atoms with van der Waals surface area (Å²) in [5, 5.41) is 3.50. The third kappa shape index (κ3) is 3.88. The maximum absolute atomic E-state index is 3.50. The van der Waals surface area contributed by atoms with Gasteiger partial charge in [0.1, 0.15) is 0 Å². The van der Waals surface area contributed by atoms with Crippen LogP contribution in [0, 0.1) is 0 Å². The van der Waals surface area contributed by atoms with Gasteiger partial charge in [0.25, 0.3) is 0 Å². The summed E-state index contributed by atoms with van der Waals surface area (Å²) >= 11 is 0. The minimum atomic E-state index is 0.396. The zero-order chi connectivity index (χ0) is 10.2. The molecule has 1 N–H and O–H groups in total. The standard InChI is InChI=1S/C12H21N2/c1-3-4-6-9-13-12(2)14-10-7-5-8-11-14/h5,7-8,10-13H,3-4,6,9H2,1-2H3/q+1. The van der Waals surface area contributed by atoms with Gasteiger partial charge in [-0.1, -0.05) is 25.8 Å². The van der Waals surface area contributed by atoms with Gasteiger partial charge in [-0.3, -0.25) is 5.32 Å². The van der Waals surface area contributed by atoms with Crippen LogP contribution in [-0.4, -0.2) is 6.54 Å². The van der Waals surface area contributed by atoms with Crippen molar-refractivity contribution in [2.75, 3.05) is 6.54 Å². The van der Waals surface area contributed by atoms with Gasteiger partial charge >= 0.3 is 0 Å². The molecule has 1 atom stereocenters. The molecule has 2 nitrogen and oxygen atoms in total. The van der Waals surface area contributed by atoms with Gasteiger partial charge in [0.15, 0.2) is 12.4 Å². The molecule has 0 radical (unpaired) electrons. The van der Waals surface area contributed by atoms with E-state index in [0.29, 0.717) is 6.17 Å². The van der Waals surface area contributed by atoms with Gasteiger partial charge in [-0.05, 0) is 6.42 Å². The van der Waals surface area contributed by atoms with E-state index in [0.717, 1.165) is 6.54 Å². The van der Waals surface area contributed by atoms with Crippen LogP contribution in [0.25, 0.3) is 0 Å². The predicted octanol–water partition coefficient (Wildman–Crippen LogP) is 2.27. The van der Waals surface area contributed by atoms with E-state index in [1.807, 2.05) is 6.07 Å². The summed E-state index contributed by atoms with van der Waals surface area (Å²) in [5.41, 5.74) is 0. The number of nitrogens with one attached hydrogen (secondary N) is 1. The monoisotopic (exact) mass is 193 g/mol. The first-order valence-electron chi connectivity index (χ1n) is 5.53. The van der Waals surface area contributed by atoms with Crippen molar-refractivity contribution in [2.45, 2.75) is 39.3 Å². The van der Waals surface area contributed by atoms with Crippen LogP contribution >= 0.6 is 0 Å². The minimum absolute atomic E-state index is 0.396. The number of unbranched alkanes of at least 4 members (excludes halogenated alkanes) is 2. The second-order valence-corrected chi connectivity index (χ2v) is 3.66. The fraction of sp³-hybridized carbons (Fsp3) is 0.583. The van der Waals surface area contributed by atoms with E-state index in [9.17, 15) is 0 Å². The summed E-state index contributed by atoms with van der Waals surface area (Å²) in [5.74, 6) is 0. The molecule has 1 heterocycles. The van der Waals surface area contributed by atoms with Crippen molar-refractivity contribution in [1.29, 1.82) is 0 Å². The second-order valence-electron chi connectivity index (χ2n) is 3.66. The zero-order valence-corrected chi connectivity index (χ0v) is 9.24. The van der Waals surface area contributed by atoms with Crippen molar-refractivity contribution in [3.8, 4) is 0 Å². The average Bonchev–Trinajstić information content (AvgIpc) is 2.25. The molecule has 0 spiro atoms. The van der Waals surface area contributed by atoms with E-state index in [2.05, 4.69) is 48.3 Å². The van der Waals surface area contributed by atoms with Gasteiger partial charge in [-0.25, -0.2) is 0 Å². The smallest absolute Gasteiger partial charge is 0.209 e. The van der Waals surface area contributed by atoms with Crippen molar-refractivity contribution in [3.05, 3.63) is 30.6 Å². The van der Waals surface area contributed by atoms with Gasteiger partial charge in [0, 0.05) is 25.6 Å². The normalized spacial score (nSPS) is 12.7. The highest BCUT2D eigenvalue weighted by molar-refractivity contribution is 4.83. The van der Waals surface area contributed by atoms with Gasteiger partial charge in [0.05, 0.1) is 0 Å². The number of nitrogens with zero attached hydrogens (tertiary/aromatic N) is 1. The van der Waals surface area contributed by atoms with Crippen LogP contribution in [0.4, 0.5) is 0 Å². The average molecular weight is 193 g/mol. The molecule has 0 aliphatic heterocycles. The number of aromatic nitrogens is 1. The highest BCUT2D eigenvalue weighted by Crippen LogP contribution is 1.94. The van der Waals surface area contributed by atoms with Crippen LogP contribution in [0.5, 0.6) is 0 Å².